The number of benzene rings is 2. The Hall–Kier alpha value is -1.08. The summed E-state index contributed by atoms with van der Waals surface area (Å²) in [4.78, 5) is 0. The van der Waals surface area contributed by atoms with E-state index in [1.807, 2.05) is 12.1 Å². The Labute approximate surface area is 177 Å². The van der Waals surface area contributed by atoms with Crippen molar-refractivity contribution >= 4 is 31.9 Å². The second kappa shape index (κ2) is 10.5. The van der Waals surface area contributed by atoms with E-state index in [1.165, 1.54) is 0 Å². The number of hydrogen-bond donors (Lipinski definition) is 2. The van der Waals surface area contributed by atoms with Crippen molar-refractivity contribution < 1.29 is 19.7 Å². The smallest absolute Gasteiger partial charge is 0.133 e. The topological polar surface area (TPSA) is 58.9 Å². The summed E-state index contributed by atoms with van der Waals surface area (Å²) in [7, 11) is 0. The van der Waals surface area contributed by atoms with Crippen LogP contribution >= 0.6 is 31.9 Å². The van der Waals surface area contributed by atoms with E-state index >= 15 is 0 Å². The van der Waals surface area contributed by atoms with Crippen LogP contribution in [-0.4, -0.2) is 36.6 Å². The van der Waals surface area contributed by atoms with Crippen LogP contribution in [0.4, 0.5) is 0 Å². The maximum absolute atomic E-state index is 8.88. The molecule has 27 heavy (non-hydrogen) atoms. The molecule has 2 aromatic carbocycles. The molecule has 0 aliphatic carbocycles. The highest BCUT2D eigenvalue weighted by Gasteiger charge is 2.25. The fourth-order valence-corrected chi connectivity index (χ4v) is 3.66. The summed E-state index contributed by atoms with van der Waals surface area (Å²) in [5.74, 6) is 1.55. The SMILES string of the molecule is CC(C)(c1ccc(OCCCO)c(Br)c1)c1ccc(OCCCO)c(Br)c1. The lowest BCUT2D eigenvalue weighted by molar-refractivity contribution is 0.232. The van der Waals surface area contributed by atoms with Crippen LogP contribution < -0.4 is 9.47 Å². The fourth-order valence-electron chi connectivity index (χ4n) is 2.67. The molecule has 0 fully saturated rings. The molecule has 2 N–H and O–H groups in total. The van der Waals surface area contributed by atoms with Gasteiger partial charge in [-0.2, -0.15) is 0 Å². The minimum absolute atomic E-state index is 0.122. The maximum Gasteiger partial charge on any atom is 0.133 e. The van der Waals surface area contributed by atoms with Crippen molar-refractivity contribution in [3.05, 3.63) is 56.5 Å². The average Bonchev–Trinajstić information content (AvgIpc) is 2.64. The molecule has 0 heterocycles. The minimum Gasteiger partial charge on any atom is -0.492 e. The molecule has 0 unspecified atom stereocenters. The first-order valence-corrected chi connectivity index (χ1v) is 10.6. The van der Waals surface area contributed by atoms with Gasteiger partial charge in [-0.25, -0.2) is 0 Å². The van der Waals surface area contributed by atoms with E-state index in [2.05, 4.69) is 70.0 Å². The largest absolute Gasteiger partial charge is 0.492 e. The number of halogens is 2. The molecule has 4 nitrogen and oxygen atoms in total. The Morgan fingerprint density at radius 2 is 1.19 bits per heavy atom. The predicted octanol–water partition coefficient (Wildman–Crippen LogP) is 5.06. The number of aliphatic hydroxyl groups is 2. The van der Waals surface area contributed by atoms with E-state index in [1.54, 1.807) is 0 Å². The van der Waals surface area contributed by atoms with Crippen molar-refractivity contribution in [3.8, 4) is 11.5 Å². The lowest BCUT2D eigenvalue weighted by atomic mass is 9.78. The van der Waals surface area contributed by atoms with Gasteiger partial charge in [0.15, 0.2) is 0 Å². The Morgan fingerprint density at radius 3 is 1.52 bits per heavy atom. The molecule has 0 radical (unpaired) electrons. The lowest BCUT2D eigenvalue weighted by Gasteiger charge is -2.27. The third kappa shape index (κ3) is 5.95. The Morgan fingerprint density at radius 1 is 0.778 bits per heavy atom. The molecule has 0 spiro atoms. The van der Waals surface area contributed by atoms with E-state index in [0.717, 1.165) is 31.6 Å². The highest BCUT2D eigenvalue weighted by Crippen LogP contribution is 2.38. The first-order valence-electron chi connectivity index (χ1n) is 8.97. The van der Waals surface area contributed by atoms with Gasteiger partial charge in [-0.05, 0) is 67.3 Å². The zero-order valence-corrected chi connectivity index (χ0v) is 18.8. The van der Waals surface area contributed by atoms with E-state index < -0.39 is 0 Å². The van der Waals surface area contributed by atoms with Gasteiger partial charge in [0.05, 0.1) is 22.2 Å². The van der Waals surface area contributed by atoms with E-state index in [9.17, 15) is 0 Å². The molecule has 2 rings (SSSR count). The summed E-state index contributed by atoms with van der Waals surface area (Å²) in [6.07, 6.45) is 1.22. The monoisotopic (exact) mass is 500 g/mol. The first-order chi connectivity index (χ1) is 12.9. The molecule has 148 valence electrons. The highest BCUT2D eigenvalue weighted by atomic mass is 79.9. The van der Waals surface area contributed by atoms with Crippen LogP contribution in [0, 0.1) is 0 Å². The highest BCUT2D eigenvalue weighted by molar-refractivity contribution is 9.10. The van der Waals surface area contributed by atoms with E-state index in [-0.39, 0.29) is 18.6 Å². The molecule has 0 amide bonds. The van der Waals surface area contributed by atoms with Gasteiger partial charge in [0.2, 0.25) is 0 Å². The molecule has 0 saturated heterocycles. The van der Waals surface area contributed by atoms with Crippen LogP contribution in [0.5, 0.6) is 11.5 Å². The first kappa shape index (κ1) is 22.2. The zero-order valence-electron chi connectivity index (χ0n) is 15.7. The predicted molar refractivity (Wildman–Crippen MR) is 115 cm³/mol. The van der Waals surface area contributed by atoms with Gasteiger partial charge in [-0.15, -0.1) is 0 Å². The second-order valence-electron chi connectivity index (χ2n) is 6.77. The van der Waals surface area contributed by atoms with Gasteiger partial charge in [-0.1, -0.05) is 26.0 Å². The number of aliphatic hydroxyl groups excluding tert-OH is 2. The fraction of sp³-hybridized carbons (Fsp3) is 0.429. The Kier molecular flexibility index (Phi) is 8.61. The normalized spacial score (nSPS) is 11.5. The molecule has 0 aliphatic heterocycles. The zero-order chi connectivity index (χ0) is 19.9. The summed E-state index contributed by atoms with van der Waals surface area (Å²) < 4.78 is 13.2. The van der Waals surface area contributed by atoms with Gasteiger partial charge in [0.25, 0.3) is 0 Å². The molecular weight excluding hydrogens is 476 g/mol. The van der Waals surface area contributed by atoms with Crippen LogP contribution in [0.2, 0.25) is 0 Å². The summed E-state index contributed by atoms with van der Waals surface area (Å²) in [5.41, 5.74) is 2.10. The van der Waals surface area contributed by atoms with Crippen molar-refractivity contribution in [1.82, 2.24) is 0 Å². The van der Waals surface area contributed by atoms with Gasteiger partial charge in [-0.3, -0.25) is 0 Å². The summed E-state index contributed by atoms with van der Waals surface area (Å²) >= 11 is 7.18. The van der Waals surface area contributed by atoms with Crippen LogP contribution in [-0.2, 0) is 5.41 Å². The molecule has 0 aromatic heterocycles. The van der Waals surface area contributed by atoms with Gasteiger partial charge < -0.3 is 19.7 Å². The molecular formula is C21H26Br2O4. The molecule has 0 bridgehead atoms. The van der Waals surface area contributed by atoms with Crippen LogP contribution in [0.15, 0.2) is 45.3 Å². The maximum atomic E-state index is 8.88. The van der Waals surface area contributed by atoms with Gasteiger partial charge >= 0.3 is 0 Å². The van der Waals surface area contributed by atoms with Crippen molar-refractivity contribution in [2.24, 2.45) is 0 Å². The van der Waals surface area contributed by atoms with Crippen LogP contribution in [0.3, 0.4) is 0 Å². The van der Waals surface area contributed by atoms with E-state index in [0.29, 0.717) is 26.1 Å². The van der Waals surface area contributed by atoms with Gasteiger partial charge in [0, 0.05) is 31.5 Å². The minimum atomic E-state index is -0.210. The summed E-state index contributed by atoms with van der Waals surface area (Å²) in [5, 5.41) is 17.8. The Bertz CT molecular complexity index is 685. The third-order valence-electron chi connectivity index (χ3n) is 4.43. The number of ether oxygens (including phenoxy) is 2. The van der Waals surface area contributed by atoms with Crippen molar-refractivity contribution in [3.63, 3.8) is 0 Å². The Balaban J connectivity index is 2.19. The van der Waals surface area contributed by atoms with Crippen molar-refractivity contribution in [2.45, 2.75) is 32.1 Å². The molecule has 0 atom stereocenters. The summed E-state index contributed by atoms with van der Waals surface area (Å²) in [6, 6.07) is 12.2. The summed E-state index contributed by atoms with van der Waals surface area (Å²) in [6.45, 7) is 5.57. The second-order valence-corrected chi connectivity index (χ2v) is 8.48. The molecule has 2 aromatic rings. The van der Waals surface area contributed by atoms with Crippen LogP contribution in [0.25, 0.3) is 0 Å². The van der Waals surface area contributed by atoms with Crippen molar-refractivity contribution in [1.29, 1.82) is 0 Å². The quantitative estimate of drug-likeness (QED) is 0.447. The van der Waals surface area contributed by atoms with Crippen molar-refractivity contribution in [2.75, 3.05) is 26.4 Å². The molecule has 0 saturated carbocycles. The third-order valence-corrected chi connectivity index (χ3v) is 5.67. The van der Waals surface area contributed by atoms with E-state index in [4.69, 9.17) is 19.7 Å². The molecule has 0 aliphatic rings. The standard InChI is InChI=1S/C21H26Br2O4/c1-21(2,15-5-7-19(17(22)13-15)26-11-3-9-24)16-6-8-20(18(23)14-16)27-12-4-10-25/h5-8,13-14,24-25H,3-4,9-12H2,1-2H3. The average molecular weight is 502 g/mol. The number of hydrogen-bond acceptors (Lipinski definition) is 4. The number of rotatable bonds is 10. The van der Waals surface area contributed by atoms with Crippen LogP contribution in [0.1, 0.15) is 37.8 Å². The lowest BCUT2D eigenvalue weighted by Crippen LogP contribution is -2.19. The van der Waals surface area contributed by atoms with Gasteiger partial charge in [0.1, 0.15) is 11.5 Å². The molecule has 6 heteroatoms.